The van der Waals surface area contributed by atoms with E-state index in [1.54, 1.807) is 6.07 Å². The van der Waals surface area contributed by atoms with Crippen LogP contribution in [0.1, 0.15) is 34.7 Å². The minimum atomic E-state index is -4.53. The molecule has 11 heteroatoms. The second-order valence-electron chi connectivity index (χ2n) is 8.63. The Hall–Kier alpha value is -3.18. The van der Waals surface area contributed by atoms with Gasteiger partial charge in [-0.15, -0.1) is 0 Å². The van der Waals surface area contributed by atoms with Crippen LogP contribution >= 0.6 is 0 Å². The molecule has 0 N–H and O–H groups in total. The first kappa shape index (κ1) is 24.5. The van der Waals surface area contributed by atoms with Crippen molar-refractivity contribution in [1.82, 2.24) is 4.98 Å². The molecule has 0 bridgehead atoms. The summed E-state index contributed by atoms with van der Waals surface area (Å²) in [5.41, 5.74) is 0.441. The number of sulfone groups is 1. The zero-order valence-corrected chi connectivity index (χ0v) is 19.6. The van der Waals surface area contributed by atoms with E-state index in [0.29, 0.717) is 36.5 Å². The standard InChI is InChI=1S/C25H21F4NO5S/c26-24-3-1-2-16(30-24)14-36(31,32)18-5-7-20-19(8-9-34-22(20)11-18)21-6-4-15(25(27,28)29)10-23(21)35-17-12-33-13-17/h1-7,10-11,17,19H,8-9,12-14H2/t19-/m0/s1. The van der Waals surface area contributed by atoms with Crippen LogP contribution in [0.25, 0.3) is 0 Å². The Balaban J connectivity index is 1.48. The van der Waals surface area contributed by atoms with Crippen LogP contribution in [0.4, 0.5) is 17.6 Å². The summed E-state index contributed by atoms with van der Waals surface area (Å²) >= 11 is 0. The molecular formula is C25H21F4NO5S. The highest BCUT2D eigenvalue weighted by Gasteiger charge is 2.34. The molecule has 6 nitrogen and oxygen atoms in total. The van der Waals surface area contributed by atoms with Gasteiger partial charge in [0.25, 0.3) is 0 Å². The van der Waals surface area contributed by atoms with Crippen LogP contribution in [0.3, 0.4) is 0 Å². The van der Waals surface area contributed by atoms with Crippen molar-refractivity contribution in [3.8, 4) is 11.5 Å². The van der Waals surface area contributed by atoms with Gasteiger partial charge in [0.1, 0.15) is 17.6 Å². The molecule has 36 heavy (non-hydrogen) atoms. The van der Waals surface area contributed by atoms with Gasteiger partial charge in [0.15, 0.2) is 9.84 Å². The first-order valence-corrected chi connectivity index (χ1v) is 12.8. The average Bonchev–Trinajstić information content (AvgIpc) is 2.80. The van der Waals surface area contributed by atoms with Crippen molar-refractivity contribution < 1.29 is 40.2 Å². The van der Waals surface area contributed by atoms with E-state index in [0.717, 1.165) is 18.2 Å². The monoisotopic (exact) mass is 523 g/mol. The van der Waals surface area contributed by atoms with E-state index < -0.39 is 33.3 Å². The van der Waals surface area contributed by atoms with Crippen LogP contribution in [-0.4, -0.2) is 39.3 Å². The number of aromatic nitrogens is 1. The summed E-state index contributed by atoms with van der Waals surface area (Å²) in [5, 5.41) is 0. The molecule has 2 aromatic carbocycles. The van der Waals surface area contributed by atoms with Crippen LogP contribution < -0.4 is 9.47 Å². The lowest BCUT2D eigenvalue weighted by molar-refractivity contribution is -0.138. The predicted octanol–water partition coefficient (Wildman–Crippen LogP) is 4.91. The zero-order chi connectivity index (χ0) is 25.5. The number of hydrogen-bond donors (Lipinski definition) is 0. The number of rotatable bonds is 6. The fourth-order valence-corrected chi connectivity index (χ4v) is 5.54. The second-order valence-corrected chi connectivity index (χ2v) is 10.6. The highest BCUT2D eigenvalue weighted by atomic mass is 32.2. The van der Waals surface area contributed by atoms with Gasteiger partial charge < -0.3 is 14.2 Å². The molecule has 3 aromatic rings. The molecule has 0 aliphatic carbocycles. The van der Waals surface area contributed by atoms with E-state index in [1.807, 2.05) is 0 Å². The average molecular weight is 524 g/mol. The van der Waals surface area contributed by atoms with Crippen LogP contribution in [0, 0.1) is 5.95 Å². The molecule has 0 unspecified atom stereocenters. The van der Waals surface area contributed by atoms with Crippen molar-refractivity contribution in [2.75, 3.05) is 19.8 Å². The molecule has 1 saturated heterocycles. The van der Waals surface area contributed by atoms with Crippen molar-refractivity contribution in [2.24, 2.45) is 0 Å². The lowest BCUT2D eigenvalue weighted by Crippen LogP contribution is -2.39. The fraction of sp³-hybridized carbons (Fsp3) is 0.320. The Bertz CT molecular complexity index is 1390. The van der Waals surface area contributed by atoms with Gasteiger partial charge in [0.05, 0.1) is 41.7 Å². The lowest BCUT2D eigenvalue weighted by atomic mass is 9.85. The summed E-state index contributed by atoms with van der Waals surface area (Å²) in [6, 6.07) is 11.7. The zero-order valence-electron chi connectivity index (χ0n) is 18.8. The number of nitrogens with zero attached hydrogens (tertiary/aromatic N) is 1. The first-order chi connectivity index (χ1) is 17.1. The summed E-state index contributed by atoms with van der Waals surface area (Å²) in [7, 11) is -3.86. The SMILES string of the molecule is O=S(=O)(Cc1cccc(F)n1)c1ccc2c(c1)OCC[C@@H]2c1ccc(C(F)(F)F)cc1OC1COC1. The molecule has 5 rings (SSSR count). The third-order valence-electron chi connectivity index (χ3n) is 6.11. The summed E-state index contributed by atoms with van der Waals surface area (Å²) in [5.74, 6) is -1.20. The minimum Gasteiger partial charge on any atom is -0.493 e. The molecule has 0 spiro atoms. The largest absolute Gasteiger partial charge is 0.493 e. The number of ether oxygens (including phenoxy) is 3. The molecule has 1 aromatic heterocycles. The fourth-order valence-electron chi connectivity index (χ4n) is 4.26. The minimum absolute atomic E-state index is 0.0246. The number of pyridine rings is 1. The van der Waals surface area contributed by atoms with Gasteiger partial charge in [-0.05, 0) is 42.8 Å². The molecule has 2 aliphatic heterocycles. The molecule has 190 valence electrons. The van der Waals surface area contributed by atoms with Crippen LogP contribution in [-0.2, 0) is 26.5 Å². The Labute approximate surface area is 204 Å². The third kappa shape index (κ3) is 5.03. The third-order valence-corrected chi connectivity index (χ3v) is 7.76. The van der Waals surface area contributed by atoms with Gasteiger partial charge in [0.2, 0.25) is 5.95 Å². The Morgan fingerprint density at radius 1 is 1.03 bits per heavy atom. The molecule has 0 saturated carbocycles. The number of benzene rings is 2. The molecule has 0 amide bonds. The van der Waals surface area contributed by atoms with E-state index in [1.165, 1.54) is 30.3 Å². The summed E-state index contributed by atoms with van der Waals surface area (Å²) in [4.78, 5) is 3.59. The molecule has 2 aliphatic rings. The molecule has 1 fully saturated rings. The second kappa shape index (κ2) is 9.36. The predicted molar refractivity (Wildman–Crippen MR) is 120 cm³/mol. The maximum absolute atomic E-state index is 13.4. The highest BCUT2D eigenvalue weighted by Crippen LogP contribution is 2.44. The first-order valence-electron chi connectivity index (χ1n) is 11.2. The van der Waals surface area contributed by atoms with Gasteiger partial charge in [0, 0.05) is 17.0 Å². The number of hydrogen-bond acceptors (Lipinski definition) is 6. The van der Waals surface area contributed by atoms with Crippen molar-refractivity contribution >= 4 is 9.84 Å². The van der Waals surface area contributed by atoms with Crippen molar-refractivity contribution in [3.63, 3.8) is 0 Å². The van der Waals surface area contributed by atoms with E-state index in [4.69, 9.17) is 14.2 Å². The normalized spacial score (nSPS) is 18.2. The number of halogens is 4. The van der Waals surface area contributed by atoms with E-state index >= 15 is 0 Å². The molecular weight excluding hydrogens is 502 g/mol. The van der Waals surface area contributed by atoms with Crippen LogP contribution in [0.15, 0.2) is 59.5 Å². The van der Waals surface area contributed by atoms with Crippen LogP contribution in [0.5, 0.6) is 11.5 Å². The van der Waals surface area contributed by atoms with Gasteiger partial charge in [-0.1, -0.05) is 18.2 Å². The topological polar surface area (TPSA) is 74.7 Å². The summed E-state index contributed by atoms with van der Waals surface area (Å²) in [6.07, 6.45) is -4.40. The number of fused-ring (bicyclic) bond motifs is 1. The Morgan fingerprint density at radius 3 is 2.50 bits per heavy atom. The smallest absolute Gasteiger partial charge is 0.416 e. The van der Waals surface area contributed by atoms with Crippen molar-refractivity contribution in [3.05, 3.63) is 82.9 Å². The van der Waals surface area contributed by atoms with Gasteiger partial charge in [-0.3, -0.25) is 0 Å². The quantitative estimate of drug-likeness (QED) is 0.338. The van der Waals surface area contributed by atoms with Crippen molar-refractivity contribution in [1.29, 1.82) is 0 Å². The summed E-state index contributed by atoms with van der Waals surface area (Å²) < 4.78 is 96.0. The van der Waals surface area contributed by atoms with E-state index in [2.05, 4.69) is 4.98 Å². The molecule has 0 radical (unpaired) electrons. The maximum atomic E-state index is 13.4. The van der Waals surface area contributed by atoms with E-state index in [-0.39, 0.29) is 35.0 Å². The number of alkyl halides is 3. The van der Waals surface area contributed by atoms with Crippen molar-refractivity contribution in [2.45, 2.75) is 35.3 Å². The highest BCUT2D eigenvalue weighted by molar-refractivity contribution is 7.90. The Morgan fingerprint density at radius 2 is 1.81 bits per heavy atom. The Kier molecular flexibility index (Phi) is 6.37. The molecule has 1 atom stereocenters. The lowest BCUT2D eigenvalue weighted by Gasteiger charge is -2.31. The van der Waals surface area contributed by atoms with Gasteiger partial charge in [-0.25, -0.2) is 13.4 Å². The van der Waals surface area contributed by atoms with E-state index in [9.17, 15) is 26.0 Å². The molecule has 3 heterocycles. The van der Waals surface area contributed by atoms with Crippen LogP contribution in [0.2, 0.25) is 0 Å². The van der Waals surface area contributed by atoms with Gasteiger partial charge >= 0.3 is 6.18 Å². The maximum Gasteiger partial charge on any atom is 0.416 e. The summed E-state index contributed by atoms with van der Waals surface area (Å²) in [6.45, 7) is 0.822. The van der Waals surface area contributed by atoms with Gasteiger partial charge in [-0.2, -0.15) is 17.6 Å².